The first-order valence-corrected chi connectivity index (χ1v) is 15.9. The van der Waals surface area contributed by atoms with E-state index >= 15 is 0 Å². The third-order valence-electron chi connectivity index (χ3n) is 9.50. The van der Waals surface area contributed by atoms with E-state index in [0.717, 1.165) is 5.56 Å². The summed E-state index contributed by atoms with van der Waals surface area (Å²) in [5, 5.41) is 7.11. The number of fused-ring (bicyclic) bond motifs is 2. The summed E-state index contributed by atoms with van der Waals surface area (Å²) in [7, 11) is 0. The molecule has 2 fully saturated rings. The molecule has 0 aromatic heterocycles. The number of nitrogens with zero attached hydrogens (tertiary/aromatic N) is 3. The van der Waals surface area contributed by atoms with E-state index in [2.05, 4.69) is 21.6 Å². The van der Waals surface area contributed by atoms with Crippen LogP contribution in [0.3, 0.4) is 0 Å². The number of piperazine rings is 1. The van der Waals surface area contributed by atoms with Gasteiger partial charge in [0.05, 0.1) is 6.04 Å². The van der Waals surface area contributed by atoms with Gasteiger partial charge in [-0.2, -0.15) is 0 Å². The van der Waals surface area contributed by atoms with Crippen molar-refractivity contribution < 1.29 is 18.8 Å². The van der Waals surface area contributed by atoms with Gasteiger partial charge in [-0.3, -0.25) is 14.5 Å². The van der Waals surface area contributed by atoms with E-state index in [1.54, 1.807) is 23.1 Å². The molecule has 44 heavy (non-hydrogen) atoms. The monoisotopic (exact) mass is 639 g/mol. The Balaban J connectivity index is 1.40. The fourth-order valence-electron chi connectivity index (χ4n) is 7.60. The van der Waals surface area contributed by atoms with E-state index in [1.807, 2.05) is 29.2 Å². The van der Waals surface area contributed by atoms with Crippen molar-refractivity contribution in [3.05, 3.63) is 87.7 Å². The highest BCUT2D eigenvalue weighted by atomic mass is 35.5. The van der Waals surface area contributed by atoms with Gasteiger partial charge in [-0.1, -0.05) is 53.6 Å². The highest BCUT2D eigenvalue weighted by Gasteiger charge is 2.63. The fraction of sp³-hybridized carbons (Fsp3) is 0.424. The molecule has 6 rings (SSSR count). The first-order chi connectivity index (χ1) is 21.2. The van der Waals surface area contributed by atoms with Gasteiger partial charge in [0.25, 0.3) is 0 Å². The van der Waals surface area contributed by atoms with Crippen LogP contribution in [0.15, 0.2) is 65.7 Å². The molecule has 3 heterocycles. The maximum absolute atomic E-state index is 14.9. The number of halogens is 3. The number of hydrogen-bond donors (Lipinski definition) is 2. The lowest BCUT2D eigenvalue weighted by Gasteiger charge is -2.54. The summed E-state index contributed by atoms with van der Waals surface area (Å²) < 4.78 is 14.9. The van der Waals surface area contributed by atoms with Crippen molar-refractivity contribution in [2.45, 2.75) is 31.2 Å². The lowest BCUT2D eigenvalue weighted by atomic mass is 9.56. The van der Waals surface area contributed by atoms with Gasteiger partial charge in [-0.25, -0.2) is 9.18 Å². The highest BCUT2D eigenvalue weighted by molar-refractivity contribution is 6.31. The maximum atomic E-state index is 14.9. The first-order valence-electron chi connectivity index (χ1n) is 15.1. The summed E-state index contributed by atoms with van der Waals surface area (Å²) >= 11 is 12.9. The summed E-state index contributed by atoms with van der Waals surface area (Å²) in [6, 6.07) is 10.7. The molecule has 0 radical (unpaired) electrons. The molecule has 232 valence electrons. The predicted molar refractivity (Wildman–Crippen MR) is 169 cm³/mol. The molecule has 4 atom stereocenters. The van der Waals surface area contributed by atoms with Crippen LogP contribution in [0.1, 0.15) is 36.9 Å². The molecule has 2 N–H and O–H groups in total. The Morgan fingerprint density at radius 1 is 1.09 bits per heavy atom. The average Bonchev–Trinajstić information content (AvgIpc) is 3.27. The summed E-state index contributed by atoms with van der Waals surface area (Å²) in [4.78, 5) is 46.1. The van der Waals surface area contributed by atoms with Gasteiger partial charge < -0.3 is 20.4 Å². The Kier molecular flexibility index (Phi) is 8.72. The molecule has 4 aliphatic rings. The second-order valence-corrected chi connectivity index (χ2v) is 12.9. The summed E-state index contributed by atoms with van der Waals surface area (Å²) in [5.41, 5.74) is 0.713. The van der Waals surface area contributed by atoms with Gasteiger partial charge in [0, 0.05) is 68.5 Å². The van der Waals surface area contributed by atoms with Crippen molar-refractivity contribution in [2.24, 2.45) is 11.8 Å². The number of urea groups is 1. The standard InChI is InChI=1S/C33H36Cl2FN5O3/c1-21(42)37-11-13-39-14-16-40(17-15-39)32(44)41-12-10-27(22-4-2-6-24(34)18-22)33(30(41)23-5-3-7-26(36)19-23)28-9-8-25(35)20-29(28)38-31(33)43/h2-9,19-20,22,27,30H,10-18H2,1H3,(H,37,42)(H,38,43)/t22?,27-,30-,33+/m0/s1. The molecule has 4 amide bonds. The minimum Gasteiger partial charge on any atom is -0.355 e. The van der Waals surface area contributed by atoms with Crippen molar-refractivity contribution in [3.63, 3.8) is 0 Å². The van der Waals surface area contributed by atoms with Crippen LogP contribution in [0.2, 0.25) is 5.02 Å². The Bertz CT molecular complexity index is 1520. The zero-order valence-corrected chi connectivity index (χ0v) is 26.1. The van der Waals surface area contributed by atoms with Gasteiger partial charge in [-0.15, -0.1) is 0 Å². The van der Waals surface area contributed by atoms with Gasteiger partial charge in [0.15, 0.2) is 0 Å². The molecule has 0 saturated carbocycles. The van der Waals surface area contributed by atoms with Gasteiger partial charge >= 0.3 is 6.03 Å². The molecule has 3 aliphatic heterocycles. The van der Waals surface area contributed by atoms with E-state index in [0.29, 0.717) is 80.0 Å². The van der Waals surface area contributed by atoms with Crippen molar-refractivity contribution in [2.75, 3.05) is 51.1 Å². The van der Waals surface area contributed by atoms with Gasteiger partial charge in [0.1, 0.15) is 11.2 Å². The number of nitrogens with one attached hydrogen (secondary N) is 2. The van der Waals surface area contributed by atoms with Crippen LogP contribution in [-0.4, -0.2) is 78.4 Å². The minimum absolute atomic E-state index is 0.0682. The van der Waals surface area contributed by atoms with Gasteiger partial charge in [0.2, 0.25) is 11.8 Å². The summed E-state index contributed by atoms with van der Waals surface area (Å²) in [5.74, 6) is -1.03. The third-order valence-corrected chi connectivity index (χ3v) is 10.0. The quantitative estimate of drug-likeness (QED) is 0.465. The zero-order valence-electron chi connectivity index (χ0n) is 24.6. The largest absolute Gasteiger partial charge is 0.355 e. The molecule has 1 aliphatic carbocycles. The number of amides is 4. The molecule has 2 aromatic carbocycles. The smallest absolute Gasteiger partial charge is 0.320 e. The SMILES string of the molecule is CC(=O)NCCN1CCN(C(=O)N2CC[C@@H](C3C=CC=C(Cl)C3)[C@]3(C(=O)Nc4cc(Cl)ccc43)[C@@H]2c2cccc(F)c2)CC1. The molecule has 0 bridgehead atoms. The van der Waals surface area contributed by atoms with Crippen LogP contribution in [0.5, 0.6) is 0 Å². The van der Waals surface area contributed by atoms with E-state index in [1.165, 1.54) is 19.1 Å². The molecule has 8 nitrogen and oxygen atoms in total. The molecule has 1 unspecified atom stereocenters. The summed E-state index contributed by atoms with van der Waals surface area (Å²) in [6.07, 6.45) is 7.03. The topological polar surface area (TPSA) is 85.0 Å². The van der Waals surface area contributed by atoms with E-state index < -0.39 is 17.3 Å². The van der Waals surface area contributed by atoms with E-state index in [9.17, 15) is 18.8 Å². The van der Waals surface area contributed by atoms with Crippen LogP contribution in [0, 0.1) is 17.7 Å². The van der Waals surface area contributed by atoms with Crippen molar-refractivity contribution in [3.8, 4) is 0 Å². The molecular weight excluding hydrogens is 604 g/mol. The minimum atomic E-state index is -1.22. The van der Waals surface area contributed by atoms with Crippen LogP contribution in [0.4, 0.5) is 14.9 Å². The number of allylic oxidation sites excluding steroid dienone is 4. The third kappa shape index (κ3) is 5.61. The number of carbonyl (C=O) groups excluding carboxylic acids is 3. The number of rotatable bonds is 5. The molecule has 2 aromatic rings. The Morgan fingerprint density at radius 3 is 2.61 bits per heavy atom. The second kappa shape index (κ2) is 12.5. The predicted octanol–water partition coefficient (Wildman–Crippen LogP) is 5.30. The number of benzene rings is 2. The number of carbonyl (C=O) groups is 3. The Hall–Kier alpha value is -3.40. The lowest BCUT2D eigenvalue weighted by molar-refractivity contribution is -0.129. The molecule has 2 saturated heterocycles. The zero-order chi connectivity index (χ0) is 31.0. The van der Waals surface area contributed by atoms with E-state index in [-0.39, 0.29) is 29.7 Å². The number of hydrogen-bond acceptors (Lipinski definition) is 4. The van der Waals surface area contributed by atoms with Crippen molar-refractivity contribution in [1.29, 1.82) is 0 Å². The maximum Gasteiger partial charge on any atom is 0.320 e. The van der Waals surface area contributed by atoms with Crippen molar-refractivity contribution >= 4 is 46.7 Å². The van der Waals surface area contributed by atoms with Crippen molar-refractivity contribution in [1.82, 2.24) is 20.0 Å². The second-order valence-electron chi connectivity index (χ2n) is 12.0. The normalized spacial score (nSPS) is 26.8. The highest BCUT2D eigenvalue weighted by Crippen LogP contribution is 2.59. The number of anilines is 1. The Labute approximate surface area is 266 Å². The Morgan fingerprint density at radius 2 is 1.89 bits per heavy atom. The lowest BCUT2D eigenvalue weighted by Crippen LogP contribution is -2.63. The fourth-order valence-corrected chi connectivity index (χ4v) is 8.03. The summed E-state index contributed by atoms with van der Waals surface area (Å²) in [6.45, 7) is 5.49. The van der Waals surface area contributed by atoms with Gasteiger partial charge in [-0.05, 0) is 66.1 Å². The average molecular weight is 641 g/mol. The molecule has 1 spiro atoms. The molecule has 11 heteroatoms. The van der Waals surface area contributed by atoms with Crippen LogP contribution < -0.4 is 10.6 Å². The molecular formula is C33H36Cl2FN5O3. The number of likely N-dealkylation sites (tertiary alicyclic amines) is 1. The van der Waals surface area contributed by atoms with Crippen LogP contribution in [-0.2, 0) is 15.0 Å². The van der Waals surface area contributed by atoms with Crippen LogP contribution in [0.25, 0.3) is 0 Å². The number of piperidine rings is 1. The first kappa shape index (κ1) is 30.6. The van der Waals surface area contributed by atoms with Crippen LogP contribution >= 0.6 is 23.2 Å². The van der Waals surface area contributed by atoms with E-state index in [4.69, 9.17) is 23.2 Å².